The molecule has 0 spiro atoms. The molecular formula is C30H34N2O4. The Bertz CT molecular complexity index is 1170. The van der Waals surface area contributed by atoms with E-state index in [0.717, 1.165) is 72.8 Å². The number of benzene rings is 2. The number of ether oxygens (including phenoxy) is 2. The van der Waals surface area contributed by atoms with Crippen LogP contribution in [0.5, 0.6) is 11.5 Å². The number of nitrogens with zero attached hydrogens (tertiary/aromatic N) is 2. The van der Waals surface area contributed by atoms with Crippen molar-refractivity contribution in [1.82, 2.24) is 4.98 Å². The van der Waals surface area contributed by atoms with Gasteiger partial charge in [-0.2, -0.15) is 0 Å². The van der Waals surface area contributed by atoms with Crippen LogP contribution >= 0.6 is 0 Å². The lowest BCUT2D eigenvalue weighted by atomic mass is 9.91. The van der Waals surface area contributed by atoms with Crippen LogP contribution in [0, 0.1) is 11.8 Å². The van der Waals surface area contributed by atoms with Crippen LogP contribution in [-0.4, -0.2) is 42.9 Å². The van der Waals surface area contributed by atoms with Crippen molar-refractivity contribution in [2.75, 3.05) is 31.7 Å². The van der Waals surface area contributed by atoms with Crippen LogP contribution in [0.15, 0.2) is 66.9 Å². The molecule has 1 aliphatic carbocycles. The highest BCUT2D eigenvalue weighted by Crippen LogP contribution is 2.45. The van der Waals surface area contributed by atoms with E-state index in [4.69, 9.17) is 9.47 Å². The normalized spacial score (nSPS) is 17.0. The predicted molar refractivity (Wildman–Crippen MR) is 141 cm³/mol. The van der Waals surface area contributed by atoms with Crippen molar-refractivity contribution in [1.29, 1.82) is 0 Å². The van der Waals surface area contributed by atoms with E-state index in [1.807, 2.05) is 48.7 Å². The van der Waals surface area contributed by atoms with Crippen LogP contribution in [0.25, 0.3) is 11.3 Å². The van der Waals surface area contributed by atoms with Gasteiger partial charge in [-0.1, -0.05) is 18.2 Å². The molecule has 188 valence electrons. The Morgan fingerprint density at radius 2 is 1.86 bits per heavy atom. The van der Waals surface area contributed by atoms with Crippen LogP contribution in [0.4, 0.5) is 5.69 Å². The zero-order valence-electron chi connectivity index (χ0n) is 20.8. The summed E-state index contributed by atoms with van der Waals surface area (Å²) in [4.78, 5) is 18.3. The third-order valence-corrected chi connectivity index (χ3v) is 7.46. The smallest absolute Gasteiger partial charge is 0.303 e. The minimum atomic E-state index is -0.729. The first-order chi connectivity index (χ1) is 17.6. The SMILES string of the molecule is COc1ccc(-c2ccccn2)c(N2CCC(COc3cccc([C@@H](CC(=O)O)C4CC4)c3)CC2)c1. The van der Waals surface area contributed by atoms with Gasteiger partial charge in [0.1, 0.15) is 11.5 Å². The summed E-state index contributed by atoms with van der Waals surface area (Å²) in [6, 6.07) is 20.3. The first kappa shape index (κ1) is 24.2. The number of pyridine rings is 1. The second-order valence-corrected chi connectivity index (χ2v) is 9.95. The van der Waals surface area contributed by atoms with Gasteiger partial charge in [0, 0.05) is 36.6 Å². The molecule has 0 radical (unpaired) electrons. The number of carboxylic acid groups (broad SMARTS) is 1. The average molecular weight is 487 g/mol. The van der Waals surface area contributed by atoms with E-state index in [1.54, 1.807) is 7.11 Å². The molecule has 1 aliphatic heterocycles. The fraction of sp³-hybridized carbons (Fsp3) is 0.400. The van der Waals surface area contributed by atoms with Crippen LogP contribution in [0.1, 0.15) is 43.6 Å². The molecule has 2 heterocycles. The van der Waals surface area contributed by atoms with Gasteiger partial charge in [0.05, 0.1) is 25.8 Å². The molecule has 2 fully saturated rings. The molecule has 1 N–H and O–H groups in total. The van der Waals surface area contributed by atoms with E-state index in [0.29, 0.717) is 18.4 Å². The fourth-order valence-corrected chi connectivity index (χ4v) is 5.27. The van der Waals surface area contributed by atoms with E-state index in [9.17, 15) is 9.90 Å². The van der Waals surface area contributed by atoms with Gasteiger partial charge in [0.15, 0.2) is 0 Å². The summed E-state index contributed by atoms with van der Waals surface area (Å²) in [6.45, 7) is 2.57. The molecule has 5 rings (SSSR count). The Morgan fingerprint density at radius 1 is 1.03 bits per heavy atom. The lowest BCUT2D eigenvalue weighted by Gasteiger charge is -2.34. The summed E-state index contributed by atoms with van der Waals surface area (Å²) in [7, 11) is 1.70. The van der Waals surface area contributed by atoms with E-state index in [-0.39, 0.29) is 12.3 Å². The summed E-state index contributed by atoms with van der Waals surface area (Å²) in [5.41, 5.74) is 4.33. The van der Waals surface area contributed by atoms with Crippen molar-refractivity contribution in [3.63, 3.8) is 0 Å². The molecule has 0 bridgehead atoms. The number of methoxy groups -OCH3 is 1. The molecule has 6 heteroatoms. The fourth-order valence-electron chi connectivity index (χ4n) is 5.27. The number of carbonyl (C=O) groups is 1. The first-order valence-electron chi connectivity index (χ1n) is 12.9. The maximum absolute atomic E-state index is 11.4. The second-order valence-electron chi connectivity index (χ2n) is 9.95. The molecule has 3 aromatic rings. The van der Waals surface area contributed by atoms with Crippen LogP contribution in [0.2, 0.25) is 0 Å². The molecule has 0 unspecified atom stereocenters. The largest absolute Gasteiger partial charge is 0.497 e. The zero-order chi connectivity index (χ0) is 24.9. The predicted octanol–water partition coefficient (Wildman–Crippen LogP) is 6.02. The van der Waals surface area contributed by atoms with Gasteiger partial charge in [-0.05, 0) is 85.4 Å². The average Bonchev–Trinajstić information content (AvgIpc) is 3.76. The van der Waals surface area contributed by atoms with Crippen molar-refractivity contribution in [3.8, 4) is 22.8 Å². The minimum Gasteiger partial charge on any atom is -0.497 e. The number of rotatable bonds is 10. The zero-order valence-corrected chi connectivity index (χ0v) is 20.8. The van der Waals surface area contributed by atoms with Gasteiger partial charge in [-0.25, -0.2) is 0 Å². The number of hydrogen-bond donors (Lipinski definition) is 1. The van der Waals surface area contributed by atoms with Crippen molar-refractivity contribution in [3.05, 3.63) is 72.4 Å². The highest BCUT2D eigenvalue weighted by Gasteiger charge is 2.34. The van der Waals surface area contributed by atoms with E-state index in [2.05, 4.69) is 28.1 Å². The number of aromatic nitrogens is 1. The van der Waals surface area contributed by atoms with E-state index >= 15 is 0 Å². The van der Waals surface area contributed by atoms with E-state index in [1.165, 1.54) is 0 Å². The summed E-state index contributed by atoms with van der Waals surface area (Å²) >= 11 is 0. The molecule has 1 saturated heterocycles. The Hall–Kier alpha value is -3.54. The van der Waals surface area contributed by atoms with Gasteiger partial charge in [-0.3, -0.25) is 9.78 Å². The molecular weight excluding hydrogens is 452 g/mol. The van der Waals surface area contributed by atoms with Crippen molar-refractivity contribution in [2.45, 2.75) is 38.0 Å². The molecule has 0 amide bonds. The molecule has 36 heavy (non-hydrogen) atoms. The van der Waals surface area contributed by atoms with Crippen molar-refractivity contribution in [2.24, 2.45) is 11.8 Å². The monoisotopic (exact) mass is 486 g/mol. The minimum absolute atomic E-state index is 0.0884. The first-order valence-corrected chi connectivity index (χ1v) is 12.9. The lowest BCUT2D eigenvalue weighted by molar-refractivity contribution is -0.137. The number of piperidine rings is 1. The quantitative estimate of drug-likeness (QED) is 0.378. The summed E-state index contributed by atoms with van der Waals surface area (Å²) in [5.74, 6) is 2.02. The topological polar surface area (TPSA) is 71.9 Å². The highest BCUT2D eigenvalue weighted by atomic mass is 16.5. The van der Waals surface area contributed by atoms with Crippen molar-refractivity contribution >= 4 is 11.7 Å². The third-order valence-electron chi connectivity index (χ3n) is 7.46. The molecule has 1 atom stereocenters. The number of aliphatic carboxylic acids is 1. The molecule has 6 nitrogen and oxygen atoms in total. The van der Waals surface area contributed by atoms with Crippen LogP contribution < -0.4 is 14.4 Å². The Kier molecular flexibility index (Phi) is 7.40. The van der Waals surface area contributed by atoms with Gasteiger partial charge in [0.2, 0.25) is 0 Å². The Labute approximate surface area is 212 Å². The number of hydrogen-bond acceptors (Lipinski definition) is 5. The van der Waals surface area contributed by atoms with Crippen molar-refractivity contribution < 1.29 is 19.4 Å². The summed E-state index contributed by atoms with van der Waals surface area (Å²) in [5, 5.41) is 9.33. The molecule has 2 aliphatic rings. The van der Waals surface area contributed by atoms with Gasteiger partial charge < -0.3 is 19.5 Å². The third kappa shape index (κ3) is 5.81. The number of anilines is 1. The van der Waals surface area contributed by atoms with Gasteiger partial charge >= 0.3 is 5.97 Å². The van der Waals surface area contributed by atoms with Crippen LogP contribution in [0.3, 0.4) is 0 Å². The highest BCUT2D eigenvalue weighted by molar-refractivity contribution is 5.78. The number of carboxylic acids is 1. The maximum Gasteiger partial charge on any atom is 0.303 e. The summed E-state index contributed by atoms with van der Waals surface area (Å²) in [6.07, 6.45) is 6.35. The Morgan fingerprint density at radius 3 is 2.56 bits per heavy atom. The van der Waals surface area contributed by atoms with E-state index < -0.39 is 5.97 Å². The van der Waals surface area contributed by atoms with Gasteiger partial charge in [-0.15, -0.1) is 0 Å². The lowest BCUT2D eigenvalue weighted by Crippen LogP contribution is -2.35. The maximum atomic E-state index is 11.4. The molecule has 1 aromatic heterocycles. The van der Waals surface area contributed by atoms with Gasteiger partial charge in [0.25, 0.3) is 0 Å². The van der Waals surface area contributed by atoms with Crippen LogP contribution in [-0.2, 0) is 4.79 Å². The summed E-state index contributed by atoms with van der Waals surface area (Å²) < 4.78 is 11.7. The molecule has 1 saturated carbocycles. The Balaban J connectivity index is 1.21. The molecule has 2 aromatic carbocycles. The standard InChI is InChI=1S/C30H34N2O4/c1-35-24-10-11-26(28-7-2-3-14-31-28)29(18-24)32-15-12-21(13-16-32)20-36-25-6-4-5-23(17-25)27(19-30(33)34)22-8-9-22/h2-7,10-11,14,17-18,21-22,27H,8-9,12-13,15-16,19-20H2,1H3,(H,33,34)/t27-/m0/s1. The second kappa shape index (κ2) is 11.0.